The van der Waals surface area contributed by atoms with Crippen molar-refractivity contribution in [1.82, 2.24) is 4.98 Å². The minimum Gasteiger partial charge on any atom is -0.252 e. The van der Waals surface area contributed by atoms with Gasteiger partial charge in [0.25, 0.3) is 0 Å². The van der Waals surface area contributed by atoms with Crippen molar-refractivity contribution in [3.8, 4) is 11.3 Å². The molecular formula is C17H13N. The Morgan fingerprint density at radius 2 is 1.78 bits per heavy atom. The summed E-state index contributed by atoms with van der Waals surface area (Å²) in [5, 5.41) is 0. The van der Waals surface area contributed by atoms with Gasteiger partial charge in [-0.25, -0.2) is 0 Å². The number of nitrogens with zero attached hydrogens (tertiary/aromatic N) is 1. The minimum atomic E-state index is 0.995. The number of rotatable bonds is 0. The molecule has 0 amide bonds. The Morgan fingerprint density at radius 3 is 2.78 bits per heavy atom. The summed E-state index contributed by atoms with van der Waals surface area (Å²) in [4.78, 5) is 4.81. The number of aromatic nitrogens is 1. The first-order valence-corrected chi connectivity index (χ1v) is 6.35. The molecule has 0 saturated heterocycles. The first-order valence-electron chi connectivity index (χ1n) is 6.35. The summed E-state index contributed by atoms with van der Waals surface area (Å²) in [6, 6.07) is 10.5. The molecule has 0 fully saturated rings. The summed E-state index contributed by atoms with van der Waals surface area (Å²) in [5.41, 5.74) is 7.88. The van der Waals surface area contributed by atoms with Crippen molar-refractivity contribution in [2.45, 2.75) is 12.8 Å². The van der Waals surface area contributed by atoms with Gasteiger partial charge in [0.1, 0.15) is 0 Å². The third kappa shape index (κ3) is 1.37. The van der Waals surface area contributed by atoms with Crippen LogP contribution in [-0.4, -0.2) is 4.98 Å². The van der Waals surface area contributed by atoms with Crippen molar-refractivity contribution in [2.75, 3.05) is 0 Å². The van der Waals surface area contributed by atoms with E-state index in [9.17, 15) is 0 Å². The molecule has 1 aliphatic heterocycles. The van der Waals surface area contributed by atoms with Gasteiger partial charge in [-0.2, -0.15) is 0 Å². The fourth-order valence-corrected chi connectivity index (χ4v) is 2.92. The van der Waals surface area contributed by atoms with E-state index in [1.165, 1.54) is 28.0 Å². The fraction of sp³-hybridized carbons (Fsp3) is 0.118. The van der Waals surface area contributed by atoms with Crippen LogP contribution in [-0.2, 0) is 6.42 Å². The predicted molar refractivity (Wildman–Crippen MR) is 74.4 cm³/mol. The monoisotopic (exact) mass is 231 g/mol. The molecule has 0 spiro atoms. The summed E-state index contributed by atoms with van der Waals surface area (Å²) >= 11 is 0. The third-order valence-corrected chi connectivity index (χ3v) is 3.70. The highest BCUT2D eigenvalue weighted by Gasteiger charge is 2.25. The number of hydrogen-bond acceptors (Lipinski definition) is 1. The fourth-order valence-electron chi connectivity index (χ4n) is 2.92. The van der Waals surface area contributed by atoms with E-state index in [4.69, 9.17) is 4.98 Å². The maximum Gasteiger partial charge on any atom is 0.0712 e. The van der Waals surface area contributed by atoms with Crippen LogP contribution in [0.15, 0.2) is 60.2 Å². The molecule has 1 heterocycles. The van der Waals surface area contributed by atoms with Crippen LogP contribution < -0.4 is 0 Å². The van der Waals surface area contributed by atoms with Gasteiger partial charge in [0.15, 0.2) is 0 Å². The quantitative estimate of drug-likeness (QED) is 0.667. The molecule has 0 N–H and O–H groups in total. The van der Waals surface area contributed by atoms with E-state index in [0.717, 1.165) is 18.5 Å². The summed E-state index contributed by atoms with van der Waals surface area (Å²) in [6.07, 6.45) is 10.8. The van der Waals surface area contributed by atoms with Crippen molar-refractivity contribution in [3.63, 3.8) is 0 Å². The minimum absolute atomic E-state index is 0.995. The summed E-state index contributed by atoms with van der Waals surface area (Å²) < 4.78 is 0. The van der Waals surface area contributed by atoms with Crippen molar-refractivity contribution < 1.29 is 0 Å². The molecule has 4 rings (SSSR count). The molecule has 0 radical (unpaired) electrons. The van der Waals surface area contributed by atoms with Gasteiger partial charge in [-0.3, -0.25) is 4.98 Å². The van der Waals surface area contributed by atoms with E-state index in [1.54, 1.807) is 0 Å². The van der Waals surface area contributed by atoms with Crippen molar-refractivity contribution >= 4 is 5.57 Å². The Labute approximate surface area is 107 Å². The van der Waals surface area contributed by atoms with Crippen LogP contribution in [0.4, 0.5) is 0 Å². The van der Waals surface area contributed by atoms with Crippen molar-refractivity contribution in [1.29, 1.82) is 0 Å². The first kappa shape index (κ1) is 9.84. The molecule has 2 bridgehead atoms. The smallest absolute Gasteiger partial charge is 0.0712 e. The molecule has 0 atom stereocenters. The second kappa shape index (κ2) is 3.67. The molecule has 0 aromatic heterocycles. The molecule has 86 valence electrons. The van der Waals surface area contributed by atoms with Gasteiger partial charge < -0.3 is 0 Å². The Balaban J connectivity index is 2.05. The molecule has 0 saturated carbocycles. The molecule has 1 heteroatoms. The van der Waals surface area contributed by atoms with Crippen LogP contribution in [0, 0.1) is 0 Å². The predicted octanol–water partition coefficient (Wildman–Crippen LogP) is 4.01. The molecule has 18 heavy (non-hydrogen) atoms. The van der Waals surface area contributed by atoms with Crippen LogP contribution in [0.3, 0.4) is 0 Å². The summed E-state index contributed by atoms with van der Waals surface area (Å²) in [5.74, 6) is 0. The van der Waals surface area contributed by atoms with Crippen LogP contribution in [0.1, 0.15) is 17.7 Å². The van der Waals surface area contributed by atoms with E-state index in [0.29, 0.717) is 0 Å². The van der Waals surface area contributed by atoms with Crippen LogP contribution in [0.25, 0.3) is 16.8 Å². The Bertz CT molecular complexity index is 689. The zero-order valence-corrected chi connectivity index (χ0v) is 10.1. The van der Waals surface area contributed by atoms with E-state index in [-0.39, 0.29) is 0 Å². The lowest BCUT2D eigenvalue weighted by atomic mass is 9.86. The molecule has 0 aromatic carbocycles. The van der Waals surface area contributed by atoms with E-state index in [2.05, 4.69) is 54.6 Å². The van der Waals surface area contributed by atoms with Gasteiger partial charge in [-0.15, -0.1) is 0 Å². The highest BCUT2D eigenvalue weighted by Crippen LogP contribution is 2.41. The topological polar surface area (TPSA) is 12.9 Å². The number of allylic oxidation sites excluding steroid dienone is 6. The van der Waals surface area contributed by atoms with Gasteiger partial charge in [0, 0.05) is 17.5 Å². The third-order valence-electron chi connectivity index (χ3n) is 3.70. The van der Waals surface area contributed by atoms with E-state index >= 15 is 0 Å². The van der Waals surface area contributed by atoms with Crippen molar-refractivity contribution in [3.05, 3.63) is 71.5 Å². The number of fused-ring (bicyclic) bond motifs is 6. The molecular weight excluding hydrogens is 218 g/mol. The zero-order chi connectivity index (χ0) is 11.9. The largest absolute Gasteiger partial charge is 0.252 e. The lowest BCUT2D eigenvalue weighted by Gasteiger charge is -2.17. The lowest BCUT2D eigenvalue weighted by Crippen LogP contribution is -2.02. The SMILES string of the molecule is C1=CC=C2CC(=C1)Cc1nc3cccccc-3c12. The molecule has 3 aliphatic carbocycles. The number of hydrogen-bond donors (Lipinski definition) is 0. The Morgan fingerprint density at radius 1 is 0.889 bits per heavy atom. The zero-order valence-electron chi connectivity index (χ0n) is 10.1. The van der Waals surface area contributed by atoms with Gasteiger partial charge in [0.2, 0.25) is 0 Å². The standard InChI is InChI=1S/C17H13N/c1-2-8-14-15(9-3-1)18-16-11-12-6-4-5-7-13(10-12)17(14)16/h1-9H,10-11H2. The average Bonchev–Trinajstić information content (AvgIpc) is 2.56. The van der Waals surface area contributed by atoms with Crippen molar-refractivity contribution in [2.24, 2.45) is 0 Å². The second-order valence-electron chi connectivity index (χ2n) is 4.90. The normalized spacial score (nSPS) is 16.9. The Kier molecular flexibility index (Phi) is 2.01. The van der Waals surface area contributed by atoms with Gasteiger partial charge >= 0.3 is 0 Å². The Hall–Kier alpha value is -2.15. The molecule has 1 nitrogen and oxygen atoms in total. The maximum absolute atomic E-state index is 4.81. The van der Waals surface area contributed by atoms with Crippen LogP contribution >= 0.6 is 0 Å². The van der Waals surface area contributed by atoms with Crippen LogP contribution in [0.2, 0.25) is 0 Å². The van der Waals surface area contributed by atoms with E-state index < -0.39 is 0 Å². The summed E-state index contributed by atoms with van der Waals surface area (Å²) in [7, 11) is 0. The second-order valence-corrected chi connectivity index (χ2v) is 4.90. The van der Waals surface area contributed by atoms with Gasteiger partial charge in [0.05, 0.1) is 11.4 Å². The highest BCUT2D eigenvalue weighted by atomic mass is 14.7. The molecule has 4 aliphatic rings. The van der Waals surface area contributed by atoms with Gasteiger partial charge in [-0.05, 0) is 18.1 Å². The molecule has 0 aromatic rings. The van der Waals surface area contributed by atoms with E-state index in [1.807, 2.05) is 0 Å². The highest BCUT2D eigenvalue weighted by molar-refractivity contribution is 5.86. The van der Waals surface area contributed by atoms with Gasteiger partial charge in [-0.1, -0.05) is 54.1 Å². The average molecular weight is 231 g/mol. The molecule has 0 unspecified atom stereocenters. The lowest BCUT2D eigenvalue weighted by molar-refractivity contribution is 0.995. The summed E-state index contributed by atoms with van der Waals surface area (Å²) in [6.45, 7) is 0. The van der Waals surface area contributed by atoms with Crippen LogP contribution in [0.5, 0.6) is 0 Å². The maximum atomic E-state index is 4.81. The first-order chi connectivity index (χ1) is 8.92.